The SMILES string of the molecule is CC(C)(C)OC(=O)S(=O)(=O)NC(N)=O.Nc1ccccc1. The number of nitrogens with two attached hydrogens (primary N) is 2. The number of urea groups is 1. The second-order valence-corrected chi connectivity index (χ2v) is 6.39. The number of ether oxygens (including phenoxy) is 1. The molecule has 21 heavy (non-hydrogen) atoms. The number of nitrogen functional groups attached to an aromatic ring is 1. The second kappa shape index (κ2) is 7.48. The molecule has 0 fully saturated rings. The van der Waals surface area contributed by atoms with E-state index in [1.54, 1.807) is 0 Å². The van der Waals surface area contributed by atoms with Crippen molar-refractivity contribution in [3.8, 4) is 0 Å². The Balaban J connectivity index is 0.000000471. The number of para-hydroxylation sites is 1. The highest BCUT2D eigenvalue weighted by atomic mass is 32.2. The normalized spacial score (nSPS) is 10.8. The van der Waals surface area contributed by atoms with Gasteiger partial charge in [-0.15, -0.1) is 0 Å². The Labute approximate surface area is 123 Å². The number of carbonyl (C=O) groups excluding carboxylic acids is 2. The third-order valence-corrected chi connectivity index (χ3v) is 2.64. The van der Waals surface area contributed by atoms with E-state index in [9.17, 15) is 18.0 Å². The second-order valence-electron chi connectivity index (χ2n) is 4.84. The Hall–Kier alpha value is -2.29. The van der Waals surface area contributed by atoms with Crippen LogP contribution >= 0.6 is 0 Å². The third kappa shape index (κ3) is 9.27. The van der Waals surface area contributed by atoms with Crippen LogP contribution in [0.15, 0.2) is 30.3 Å². The van der Waals surface area contributed by atoms with Gasteiger partial charge in [-0.1, -0.05) is 18.2 Å². The number of anilines is 1. The summed E-state index contributed by atoms with van der Waals surface area (Å²) < 4.78 is 27.6. The van der Waals surface area contributed by atoms with Gasteiger partial charge in [-0.2, -0.15) is 8.42 Å². The molecule has 5 N–H and O–H groups in total. The number of sulfonamides is 1. The number of nitrogens with one attached hydrogen (secondary N) is 1. The molecule has 2 amide bonds. The van der Waals surface area contributed by atoms with Crippen LogP contribution in [0.5, 0.6) is 0 Å². The molecule has 0 aliphatic heterocycles. The van der Waals surface area contributed by atoms with Crippen LogP contribution < -0.4 is 16.2 Å². The van der Waals surface area contributed by atoms with E-state index in [1.165, 1.54) is 25.5 Å². The van der Waals surface area contributed by atoms with Crippen molar-refractivity contribution in [2.45, 2.75) is 26.4 Å². The van der Waals surface area contributed by atoms with Gasteiger partial charge in [0.05, 0.1) is 0 Å². The highest BCUT2D eigenvalue weighted by molar-refractivity contribution is 8.04. The summed E-state index contributed by atoms with van der Waals surface area (Å²) in [6, 6.07) is 8.15. The highest BCUT2D eigenvalue weighted by Gasteiger charge is 2.29. The zero-order valence-corrected chi connectivity index (χ0v) is 12.8. The summed E-state index contributed by atoms with van der Waals surface area (Å²) in [4.78, 5) is 21.1. The molecule has 0 bridgehead atoms. The summed E-state index contributed by atoms with van der Waals surface area (Å²) in [5.74, 6) is 0. The van der Waals surface area contributed by atoms with E-state index in [-0.39, 0.29) is 0 Å². The fourth-order valence-corrected chi connectivity index (χ4v) is 1.64. The molecule has 0 saturated heterocycles. The molecule has 9 heteroatoms. The van der Waals surface area contributed by atoms with E-state index in [4.69, 9.17) is 5.73 Å². The third-order valence-electron chi connectivity index (χ3n) is 1.64. The zero-order chi connectivity index (χ0) is 16.7. The lowest BCUT2D eigenvalue weighted by Gasteiger charge is -2.18. The Bertz CT molecular complexity index is 579. The summed E-state index contributed by atoms with van der Waals surface area (Å²) in [6.07, 6.45) is 0. The van der Waals surface area contributed by atoms with E-state index in [0.29, 0.717) is 0 Å². The van der Waals surface area contributed by atoms with E-state index >= 15 is 0 Å². The maximum atomic E-state index is 10.9. The summed E-state index contributed by atoms with van der Waals surface area (Å²) >= 11 is 0. The summed E-state index contributed by atoms with van der Waals surface area (Å²) in [5.41, 5.74) is 9.77. The average Bonchev–Trinajstić information content (AvgIpc) is 2.26. The number of primary amides is 1. The van der Waals surface area contributed by atoms with Crippen molar-refractivity contribution < 1.29 is 22.7 Å². The van der Waals surface area contributed by atoms with Crippen LogP contribution in [-0.4, -0.2) is 25.4 Å². The lowest BCUT2D eigenvalue weighted by molar-refractivity contribution is 0.0716. The van der Waals surface area contributed by atoms with Crippen molar-refractivity contribution in [2.75, 3.05) is 5.73 Å². The van der Waals surface area contributed by atoms with Gasteiger partial charge in [0.1, 0.15) is 5.60 Å². The molecule has 0 spiro atoms. The van der Waals surface area contributed by atoms with E-state index < -0.39 is 27.0 Å². The molecule has 1 aromatic carbocycles. The van der Waals surface area contributed by atoms with Gasteiger partial charge in [0.2, 0.25) is 0 Å². The molecule has 1 rings (SSSR count). The van der Waals surface area contributed by atoms with Gasteiger partial charge in [0.25, 0.3) is 0 Å². The number of benzene rings is 1. The minimum absolute atomic E-state index is 0.822. The van der Waals surface area contributed by atoms with Gasteiger partial charge in [-0.3, -0.25) is 0 Å². The van der Waals surface area contributed by atoms with Crippen molar-refractivity contribution in [3.05, 3.63) is 30.3 Å². The smallest absolute Gasteiger partial charge is 0.445 e. The minimum Gasteiger partial charge on any atom is -0.447 e. The van der Waals surface area contributed by atoms with Crippen molar-refractivity contribution in [3.63, 3.8) is 0 Å². The predicted octanol–water partition coefficient (Wildman–Crippen LogP) is 1.19. The standard InChI is InChI=1S/C6H12N2O5S.C6H7N/c1-6(2,3)13-5(10)14(11,12)8-4(7)9;7-6-4-2-1-3-5-6/h1-3H3,(H3,7,8,9);1-5H,7H2. The molecule has 118 valence electrons. The molecule has 0 atom stereocenters. The molecule has 0 aliphatic carbocycles. The fraction of sp³-hybridized carbons (Fsp3) is 0.333. The number of amides is 2. The molecule has 0 saturated carbocycles. The number of carbonyl (C=O) groups is 2. The van der Waals surface area contributed by atoms with Gasteiger partial charge in [-0.05, 0) is 32.9 Å². The molecule has 0 aromatic heterocycles. The number of hydrogen-bond donors (Lipinski definition) is 3. The molecule has 1 aromatic rings. The quantitative estimate of drug-likeness (QED) is 0.484. The van der Waals surface area contributed by atoms with Crippen LogP contribution in [-0.2, 0) is 14.8 Å². The molecule has 0 radical (unpaired) electrons. The van der Waals surface area contributed by atoms with Gasteiger partial charge < -0.3 is 16.2 Å². The summed E-state index contributed by atoms with van der Waals surface area (Å²) in [5, 5.41) is -1.54. The van der Waals surface area contributed by atoms with Gasteiger partial charge >= 0.3 is 21.4 Å². The number of rotatable bonds is 0. The van der Waals surface area contributed by atoms with Gasteiger partial charge in [-0.25, -0.2) is 14.3 Å². The molecule has 0 unspecified atom stereocenters. The Kier molecular flexibility index (Phi) is 6.67. The van der Waals surface area contributed by atoms with Crippen LogP contribution in [0.4, 0.5) is 15.3 Å². The summed E-state index contributed by atoms with van der Waals surface area (Å²) in [6.45, 7) is 4.47. The molecular formula is C12H19N3O5S. The first-order valence-electron chi connectivity index (χ1n) is 5.80. The fourth-order valence-electron chi connectivity index (χ4n) is 0.932. The van der Waals surface area contributed by atoms with E-state index in [2.05, 4.69) is 10.5 Å². The summed E-state index contributed by atoms with van der Waals surface area (Å²) in [7, 11) is -4.48. The molecule has 8 nitrogen and oxygen atoms in total. The Morgan fingerprint density at radius 3 is 1.90 bits per heavy atom. The lowest BCUT2D eigenvalue weighted by Crippen LogP contribution is -2.41. The zero-order valence-electron chi connectivity index (χ0n) is 12.0. The van der Waals surface area contributed by atoms with E-state index in [1.807, 2.05) is 30.3 Å². The number of hydrogen-bond acceptors (Lipinski definition) is 6. The van der Waals surface area contributed by atoms with Crippen molar-refractivity contribution in [1.82, 2.24) is 4.72 Å². The maximum Gasteiger partial charge on any atom is 0.445 e. The lowest BCUT2D eigenvalue weighted by atomic mass is 10.2. The Morgan fingerprint density at radius 2 is 1.62 bits per heavy atom. The molecule has 0 aliphatic rings. The largest absolute Gasteiger partial charge is 0.447 e. The monoisotopic (exact) mass is 317 g/mol. The van der Waals surface area contributed by atoms with Gasteiger partial charge in [0.15, 0.2) is 0 Å². The van der Waals surface area contributed by atoms with Gasteiger partial charge in [0, 0.05) is 5.69 Å². The molecule has 0 heterocycles. The van der Waals surface area contributed by atoms with Crippen LogP contribution in [0.3, 0.4) is 0 Å². The first-order chi connectivity index (χ1) is 9.44. The van der Waals surface area contributed by atoms with Crippen molar-refractivity contribution in [1.29, 1.82) is 0 Å². The van der Waals surface area contributed by atoms with Crippen LogP contribution in [0.2, 0.25) is 0 Å². The average molecular weight is 317 g/mol. The topological polar surface area (TPSA) is 142 Å². The predicted molar refractivity (Wildman–Crippen MR) is 78.7 cm³/mol. The Morgan fingerprint density at radius 1 is 1.14 bits per heavy atom. The van der Waals surface area contributed by atoms with E-state index in [0.717, 1.165) is 5.69 Å². The van der Waals surface area contributed by atoms with Crippen molar-refractivity contribution >= 4 is 27.0 Å². The minimum atomic E-state index is -4.48. The van der Waals surface area contributed by atoms with Crippen LogP contribution in [0, 0.1) is 0 Å². The first kappa shape index (κ1) is 18.7. The first-order valence-corrected chi connectivity index (χ1v) is 7.28. The van der Waals surface area contributed by atoms with Crippen molar-refractivity contribution in [2.24, 2.45) is 5.73 Å². The van der Waals surface area contributed by atoms with Crippen LogP contribution in [0.1, 0.15) is 20.8 Å². The van der Waals surface area contributed by atoms with Crippen LogP contribution in [0.25, 0.3) is 0 Å². The maximum absolute atomic E-state index is 10.9. The molecular weight excluding hydrogens is 298 g/mol. The highest BCUT2D eigenvalue weighted by Crippen LogP contribution is 2.09.